The van der Waals surface area contributed by atoms with Gasteiger partial charge >= 0.3 is 0 Å². The molecule has 0 saturated carbocycles. The largest absolute Gasteiger partial charge is 0.354 e. The number of rotatable bonds is 6. The van der Waals surface area contributed by atoms with Crippen molar-refractivity contribution >= 4 is 17.3 Å². The van der Waals surface area contributed by atoms with Crippen LogP contribution in [0.4, 0.5) is 5.95 Å². The number of likely N-dealkylation sites (tertiary alicyclic amines) is 1. The average Bonchev–Trinajstić information content (AvgIpc) is 3.09. The van der Waals surface area contributed by atoms with Crippen LogP contribution in [-0.2, 0) is 6.54 Å². The number of hydrogen-bond acceptors (Lipinski definition) is 6. The first-order valence-electron chi connectivity index (χ1n) is 8.05. The van der Waals surface area contributed by atoms with Crippen LogP contribution in [0.25, 0.3) is 0 Å². The molecule has 1 saturated heterocycles. The molecule has 0 amide bonds. The van der Waals surface area contributed by atoms with Crippen LogP contribution in [0.15, 0.2) is 24.0 Å². The van der Waals surface area contributed by atoms with Crippen molar-refractivity contribution in [1.29, 1.82) is 0 Å². The van der Waals surface area contributed by atoms with E-state index in [1.54, 1.807) is 11.3 Å². The quantitative estimate of drug-likeness (QED) is 0.884. The maximum atomic E-state index is 4.52. The first-order valence-corrected chi connectivity index (χ1v) is 8.93. The van der Waals surface area contributed by atoms with Crippen LogP contribution < -0.4 is 5.32 Å². The van der Waals surface area contributed by atoms with Crippen molar-refractivity contribution in [2.24, 2.45) is 0 Å². The van der Waals surface area contributed by atoms with Crippen LogP contribution in [0.5, 0.6) is 0 Å². The van der Waals surface area contributed by atoms with E-state index in [0.717, 1.165) is 32.0 Å². The normalized spacial score (nSPS) is 19.2. The molecule has 1 aliphatic rings. The predicted molar refractivity (Wildman–Crippen MR) is 89.9 cm³/mol. The zero-order valence-electron chi connectivity index (χ0n) is 13.0. The Kier molecular flexibility index (Phi) is 5.34. The van der Waals surface area contributed by atoms with E-state index in [9.17, 15) is 0 Å². The van der Waals surface area contributed by atoms with Crippen molar-refractivity contribution in [2.75, 3.05) is 18.4 Å². The molecule has 1 atom stereocenters. The Labute approximate surface area is 135 Å². The summed E-state index contributed by atoms with van der Waals surface area (Å²) in [6.07, 6.45) is 10.6. The Morgan fingerprint density at radius 2 is 2.14 bits per heavy atom. The van der Waals surface area contributed by atoms with Crippen LogP contribution in [-0.4, -0.2) is 32.9 Å². The molecule has 5 nitrogen and oxygen atoms in total. The fraction of sp³-hybridized carbons (Fsp3) is 0.562. The lowest BCUT2D eigenvalue weighted by Gasteiger charge is -2.34. The fourth-order valence-electron chi connectivity index (χ4n) is 2.86. The molecule has 1 fully saturated rings. The summed E-state index contributed by atoms with van der Waals surface area (Å²) in [5.41, 5.74) is 1.17. The Morgan fingerprint density at radius 1 is 1.27 bits per heavy atom. The second kappa shape index (κ2) is 7.65. The topological polar surface area (TPSA) is 53.9 Å². The lowest BCUT2D eigenvalue weighted by molar-refractivity contribution is 0.140. The number of hydrogen-bond donors (Lipinski definition) is 1. The Bertz CT molecular complexity index is 554. The van der Waals surface area contributed by atoms with Gasteiger partial charge in [-0.1, -0.05) is 13.3 Å². The van der Waals surface area contributed by atoms with Gasteiger partial charge in [0.1, 0.15) is 5.01 Å². The highest BCUT2D eigenvalue weighted by molar-refractivity contribution is 7.09. The Balaban J connectivity index is 1.65. The highest BCUT2D eigenvalue weighted by atomic mass is 32.1. The van der Waals surface area contributed by atoms with E-state index < -0.39 is 0 Å². The van der Waals surface area contributed by atoms with E-state index in [-0.39, 0.29) is 0 Å². The van der Waals surface area contributed by atoms with Gasteiger partial charge in [0.05, 0.1) is 6.04 Å². The third-order valence-corrected chi connectivity index (χ3v) is 4.85. The molecule has 22 heavy (non-hydrogen) atoms. The summed E-state index contributed by atoms with van der Waals surface area (Å²) in [7, 11) is 0. The average molecular weight is 317 g/mol. The van der Waals surface area contributed by atoms with Crippen LogP contribution in [0.2, 0.25) is 0 Å². The van der Waals surface area contributed by atoms with Crippen molar-refractivity contribution < 1.29 is 0 Å². The molecule has 0 radical (unpaired) electrons. The van der Waals surface area contributed by atoms with E-state index in [4.69, 9.17) is 0 Å². The first-order chi connectivity index (χ1) is 10.9. The maximum Gasteiger partial charge on any atom is 0.222 e. The molecule has 2 aromatic heterocycles. The monoisotopic (exact) mass is 317 g/mol. The molecule has 6 heteroatoms. The second-order valence-electron chi connectivity index (χ2n) is 5.69. The van der Waals surface area contributed by atoms with Crippen molar-refractivity contribution in [3.05, 3.63) is 34.5 Å². The standard InChI is InChI=1S/C16H23N5S/c1-2-6-18-16-19-10-13(11-20-16)12-21-8-4-3-5-14(21)15-17-7-9-22-15/h7,9-11,14H,2-6,8,12H2,1H3,(H,18,19,20)/t14-/m1/s1. The molecule has 0 spiro atoms. The molecule has 0 unspecified atom stereocenters. The first kappa shape index (κ1) is 15.4. The van der Waals surface area contributed by atoms with E-state index in [1.165, 1.54) is 29.8 Å². The maximum absolute atomic E-state index is 4.52. The summed E-state index contributed by atoms with van der Waals surface area (Å²) < 4.78 is 0. The predicted octanol–water partition coefficient (Wildman–Crippen LogP) is 3.48. The minimum atomic E-state index is 0.451. The molecular formula is C16H23N5S. The van der Waals surface area contributed by atoms with Gasteiger partial charge in [0.25, 0.3) is 0 Å². The van der Waals surface area contributed by atoms with Gasteiger partial charge in [0.15, 0.2) is 0 Å². The van der Waals surface area contributed by atoms with Crippen LogP contribution in [0.3, 0.4) is 0 Å². The van der Waals surface area contributed by atoms with Crippen LogP contribution in [0, 0.1) is 0 Å². The smallest absolute Gasteiger partial charge is 0.222 e. The van der Waals surface area contributed by atoms with Gasteiger partial charge in [-0.3, -0.25) is 4.90 Å². The summed E-state index contributed by atoms with van der Waals surface area (Å²) in [6, 6.07) is 0.451. The third-order valence-electron chi connectivity index (χ3n) is 3.97. The van der Waals surface area contributed by atoms with Gasteiger partial charge in [0, 0.05) is 42.6 Å². The number of aromatic nitrogens is 3. The molecule has 1 N–H and O–H groups in total. The lowest BCUT2D eigenvalue weighted by Crippen LogP contribution is -2.32. The fourth-order valence-corrected chi connectivity index (χ4v) is 3.66. The zero-order valence-corrected chi connectivity index (χ0v) is 13.9. The van der Waals surface area contributed by atoms with Gasteiger partial charge in [-0.05, 0) is 25.8 Å². The number of nitrogens with one attached hydrogen (secondary N) is 1. The van der Waals surface area contributed by atoms with Gasteiger partial charge in [-0.2, -0.15) is 0 Å². The summed E-state index contributed by atoms with van der Waals surface area (Å²) >= 11 is 1.76. The Morgan fingerprint density at radius 3 is 2.86 bits per heavy atom. The van der Waals surface area contributed by atoms with Crippen LogP contribution >= 0.6 is 11.3 Å². The lowest BCUT2D eigenvalue weighted by atomic mass is 10.0. The minimum absolute atomic E-state index is 0.451. The van der Waals surface area contributed by atoms with Crippen LogP contribution in [0.1, 0.15) is 49.2 Å². The minimum Gasteiger partial charge on any atom is -0.354 e. The van der Waals surface area contributed by atoms with Gasteiger partial charge in [-0.15, -0.1) is 11.3 Å². The molecule has 2 aromatic rings. The van der Waals surface area contributed by atoms with Crippen molar-refractivity contribution in [3.8, 4) is 0 Å². The molecular weight excluding hydrogens is 294 g/mol. The number of nitrogens with zero attached hydrogens (tertiary/aromatic N) is 4. The molecule has 3 heterocycles. The Hall–Kier alpha value is -1.53. The zero-order chi connectivity index (χ0) is 15.2. The molecule has 0 bridgehead atoms. The van der Waals surface area contributed by atoms with E-state index >= 15 is 0 Å². The van der Waals surface area contributed by atoms with Crippen molar-refractivity contribution in [1.82, 2.24) is 19.9 Å². The summed E-state index contributed by atoms with van der Waals surface area (Å²) in [5, 5.41) is 6.52. The van der Waals surface area contributed by atoms with E-state index in [2.05, 4.69) is 37.5 Å². The van der Waals surface area contributed by atoms with E-state index in [0.29, 0.717) is 6.04 Å². The van der Waals surface area contributed by atoms with Gasteiger partial charge < -0.3 is 5.32 Å². The molecule has 118 valence electrons. The summed E-state index contributed by atoms with van der Waals surface area (Å²) in [5.74, 6) is 0.723. The SMILES string of the molecule is CCCNc1ncc(CN2CCCC[C@@H]2c2nccs2)cn1. The number of piperidine rings is 1. The highest BCUT2D eigenvalue weighted by Gasteiger charge is 2.25. The number of anilines is 1. The molecule has 0 aliphatic carbocycles. The third kappa shape index (κ3) is 3.81. The van der Waals surface area contributed by atoms with Crippen molar-refractivity contribution in [3.63, 3.8) is 0 Å². The molecule has 0 aromatic carbocycles. The second-order valence-corrected chi connectivity index (χ2v) is 6.62. The van der Waals surface area contributed by atoms with E-state index in [1.807, 2.05) is 18.6 Å². The highest BCUT2D eigenvalue weighted by Crippen LogP contribution is 2.32. The van der Waals surface area contributed by atoms with Gasteiger partial charge in [-0.25, -0.2) is 15.0 Å². The number of thiazole rings is 1. The summed E-state index contributed by atoms with van der Waals surface area (Å²) in [6.45, 7) is 5.08. The van der Waals surface area contributed by atoms with Crippen molar-refractivity contribution in [2.45, 2.75) is 45.2 Å². The van der Waals surface area contributed by atoms with Gasteiger partial charge in [0.2, 0.25) is 5.95 Å². The summed E-state index contributed by atoms with van der Waals surface area (Å²) in [4.78, 5) is 15.8. The molecule has 1 aliphatic heterocycles. The molecule has 3 rings (SSSR count).